The van der Waals surface area contributed by atoms with Crippen LogP contribution in [0.2, 0.25) is 0 Å². The van der Waals surface area contributed by atoms with E-state index in [9.17, 15) is 4.57 Å². The summed E-state index contributed by atoms with van der Waals surface area (Å²) in [5, 5.41) is 0. The van der Waals surface area contributed by atoms with Crippen LogP contribution in [-0.4, -0.2) is 0 Å². The molecule has 31 heavy (non-hydrogen) atoms. The van der Waals surface area contributed by atoms with Crippen LogP contribution in [0.15, 0.2) is 109 Å². The molecule has 4 aromatic carbocycles. The summed E-state index contributed by atoms with van der Waals surface area (Å²) < 4.78 is 36.2. The first-order chi connectivity index (χ1) is 15.1. The lowest BCUT2D eigenvalue weighted by Gasteiger charge is -2.19. The Hall–Kier alpha value is -3.69. The average Bonchev–Trinajstić information content (AvgIpc) is 2.78. The number of ether oxygens (including phenoxy) is 1. The smallest absolute Gasteiger partial charge is 0.457 e. The predicted octanol–water partition coefficient (Wildman–Crippen LogP) is 7.43. The molecule has 6 heteroatoms. The lowest BCUT2D eigenvalue weighted by Crippen LogP contribution is -2.07. The van der Waals surface area contributed by atoms with Gasteiger partial charge in [0.2, 0.25) is 0 Å². The first-order valence-corrected chi connectivity index (χ1v) is 11.2. The number of hydrogen-bond acceptors (Lipinski definition) is 5. The molecule has 156 valence electrons. The van der Waals surface area contributed by atoms with E-state index in [0.29, 0.717) is 23.0 Å². The van der Waals surface area contributed by atoms with Crippen molar-refractivity contribution >= 4 is 7.82 Å². The van der Waals surface area contributed by atoms with Crippen LogP contribution in [0, 0.1) is 6.92 Å². The molecule has 0 aliphatic rings. The molecule has 0 unspecified atom stereocenters. The second-order valence-corrected chi connectivity index (χ2v) is 8.18. The largest absolute Gasteiger partial charge is 0.647 e. The van der Waals surface area contributed by atoms with Gasteiger partial charge in [0.25, 0.3) is 0 Å². The van der Waals surface area contributed by atoms with E-state index >= 15 is 0 Å². The maximum atomic E-state index is 13.4. The number of hydrogen-bond donors (Lipinski definition) is 0. The van der Waals surface area contributed by atoms with E-state index in [4.69, 9.17) is 18.3 Å². The molecule has 0 radical (unpaired) electrons. The maximum Gasteiger partial charge on any atom is 0.647 e. The third-order valence-electron chi connectivity index (χ3n) is 4.22. The number of para-hydroxylation sites is 2. The van der Waals surface area contributed by atoms with Gasteiger partial charge in [0, 0.05) is 0 Å². The summed E-state index contributed by atoms with van der Waals surface area (Å²) in [6.07, 6.45) is 0. The molecule has 0 aliphatic carbocycles. The Morgan fingerprint density at radius 1 is 0.484 bits per heavy atom. The van der Waals surface area contributed by atoms with E-state index in [1.807, 2.05) is 43.3 Å². The monoisotopic (exact) mass is 432 g/mol. The molecule has 0 aromatic heterocycles. The topological polar surface area (TPSA) is 54.0 Å². The Kier molecular flexibility index (Phi) is 6.25. The molecular formula is C25H21O5P. The van der Waals surface area contributed by atoms with E-state index in [2.05, 4.69) is 0 Å². The number of rotatable bonds is 8. The zero-order valence-electron chi connectivity index (χ0n) is 16.9. The highest BCUT2D eigenvalue weighted by Gasteiger charge is 2.33. The molecule has 0 saturated carbocycles. The Labute approximate surface area is 181 Å². The fourth-order valence-electron chi connectivity index (χ4n) is 2.72. The molecule has 5 nitrogen and oxygen atoms in total. The molecule has 0 N–H and O–H groups in total. The number of aryl methyl sites for hydroxylation is 1. The molecule has 0 fully saturated rings. The zero-order valence-corrected chi connectivity index (χ0v) is 17.8. The van der Waals surface area contributed by atoms with Gasteiger partial charge < -0.3 is 18.3 Å². The van der Waals surface area contributed by atoms with Gasteiger partial charge in [-0.2, -0.15) is 4.57 Å². The van der Waals surface area contributed by atoms with Gasteiger partial charge in [-0.3, -0.25) is 0 Å². The van der Waals surface area contributed by atoms with Gasteiger partial charge >= 0.3 is 7.82 Å². The Balaban J connectivity index is 1.51. The molecular weight excluding hydrogens is 411 g/mol. The highest BCUT2D eigenvalue weighted by molar-refractivity contribution is 7.49. The van der Waals surface area contributed by atoms with Crippen molar-refractivity contribution in [2.24, 2.45) is 0 Å². The molecule has 4 rings (SSSR count). The normalized spacial score (nSPS) is 10.9. The van der Waals surface area contributed by atoms with Crippen LogP contribution in [0.4, 0.5) is 0 Å². The van der Waals surface area contributed by atoms with Gasteiger partial charge in [0.1, 0.15) is 28.7 Å². The van der Waals surface area contributed by atoms with E-state index < -0.39 is 7.82 Å². The lowest BCUT2D eigenvalue weighted by atomic mass is 10.2. The van der Waals surface area contributed by atoms with Crippen molar-refractivity contribution in [2.75, 3.05) is 0 Å². The molecule has 4 aromatic rings. The summed E-state index contributed by atoms with van der Waals surface area (Å²) in [5.74, 6) is 2.43. The minimum atomic E-state index is -4.01. The van der Waals surface area contributed by atoms with Crippen molar-refractivity contribution in [3.8, 4) is 28.7 Å². The van der Waals surface area contributed by atoms with Crippen LogP contribution in [0.5, 0.6) is 28.7 Å². The minimum Gasteiger partial charge on any atom is -0.457 e. The van der Waals surface area contributed by atoms with E-state index in [-0.39, 0.29) is 0 Å². The van der Waals surface area contributed by atoms with E-state index in [1.165, 1.54) is 0 Å². The van der Waals surface area contributed by atoms with Crippen LogP contribution in [0.3, 0.4) is 0 Å². The highest BCUT2D eigenvalue weighted by atomic mass is 31.2. The van der Waals surface area contributed by atoms with Crippen LogP contribution >= 0.6 is 7.82 Å². The van der Waals surface area contributed by atoms with Crippen LogP contribution in [0.25, 0.3) is 0 Å². The standard InChI is InChI=1S/C25H21O5P/c1-20-12-14-21(15-13-20)27-22-16-18-25(19-17-22)30-31(26,28-23-8-4-2-5-9-23)29-24-10-6-3-7-11-24/h2-19H,1H3. The summed E-state index contributed by atoms with van der Waals surface area (Å²) in [6.45, 7) is 2.02. The second-order valence-electron chi connectivity index (χ2n) is 6.73. The first-order valence-electron chi connectivity index (χ1n) is 9.72. The number of phosphoric ester groups is 1. The van der Waals surface area contributed by atoms with Crippen LogP contribution < -0.4 is 18.3 Å². The van der Waals surface area contributed by atoms with Crippen molar-refractivity contribution in [3.63, 3.8) is 0 Å². The molecule has 0 saturated heterocycles. The SMILES string of the molecule is Cc1ccc(Oc2ccc(OP(=O)(Oc3ccccc3)Oc3ccccc3)cc2)cc1. The molecule has 0 bridgehead atoms. The van der Waals surface area contributed by atoms with Crippen molar-refractivity contribution in [1.82, 2.24) is 0 Å². The summed E-state index contributed by atoms with van der Waals surface area (Å²) in [6, 6.07) is 32.0. The first kappa shape index (κ1) is 20.6. The number of phosphoric acid groups is 1. The molecule has 0 heterocycles. The van der Waals surface area contributed by atoms with Gasteiger partial charge in [-0.15, -0.1) is 0 Å². The fourth-order valence-corrected chi connectivity index (χ4v) is 3.97. The van der Waals surface area contributed by atoms with Crippen LogP contribution in [-0.2, 0) is 4.57 Å². The van der Waals surface area contributed by atoms with Crippen molar-refractivity contribution in [3.05, 3.63) is 115 Å². The van der Waals surface area contributed by atoms with Gasteiger partial charge in [-0.25, -0.2) is 0 Å². The van der Waals surface area contributed by atoms with E-state index in [0.717, 1.165) is 11.3 Å². The average molecular weight is 432 g/mol. The molecule has 0 aliphatic heterocycles. The second kappa shape index (κ2) is 9.41. The summed E-state index contributed by atoms with van der Waals surface area (Å²) in [5.41, 5.74) is 1.16. The number of benzene rings is 4. The van der Waals surface area contributed by atoms with Crippen molar-refractivity contribution in [1.29, 1.82) is 0 Å². The Bertz CT molecular complexity index is 1100. The van der Waals surface area contributed by atoms with Crippen molar-refractivity contribution < 1.29 is 22.9 Å². The van der Waals surface area contributed by atoms with Gasteiger partial charge in [0.05, 0.1) is 0 Å². The highest BCUT2D eigenvalue weighted by Crippen LogP contribution is 2.49. The Morgan fingerprint density at radius 2 is 0.839 bits per heavy atom. The maximum absolute atomic E-state index is 13.4. The third-order valence-corrected chi connectivity index (χ3v) is 5.52. The Morgan fingerprint density at radius 3 is 1.29 bits per heavy atom. The predicted molar refractivity (Wildman–Crippen MR) is 120 cm³/mol. The molecule has 0 amide bonds. The third kappa shape index (κ3) is 5.91. The van der Waals surface area contributed by atoms with Gasteiger partial charge in [0.15, 0.2) is 0 Å². The minimum absolute atomic E-state index is 0.325. The molecule has 0 spiro atoms. The van der Waals surface area contributed by atoms with Gasteiger partial charge in [-0.1, -0.05) is 54.1 Å². The quantitative estimate of drug-likeness (QED) is 0.271. The van der Waals surface area contributed by atoms with Gasteiger partial charge in [-0.05, 0) is 67.6 Å². The van der Waals surface area contributed by atoms with E-state index in [1.54, 1.807) is 72.8 Å². The summed E-state index contributed by atoms with van der Waals surface area (Å²) >= 11 is 0. The summed E-state index contributed by atoms with van der Waals surface area (Å²) in [7, 11) is -4.01. The van der Waals surface area contributed by atoms with Crippen LogP contribution in [0.1, 0.15) is 5.56 Å². The summed E-state index contributed by atoms with van der Waals surface area (Å²) in [4.78, 5) is 0. The van der Waals surface area contributed by atoms with Crippen molar-refractivity contribution in [2.45, 2.75) is 6.92 Å². The zero-order chi connectivity index (χ0) is 21.5. The molecule has 0 atom stereocenters. The lowest BCUT2D eigenvalue weighted by molar-refractivity contribution is 0.298. The fraction of sp³-hybridized carbons (Fsp3) is 0.0400.